The van der Waals surface area contributed by atoms with E-state index in [1.54, 1.807) is 58.8 Å². The third kappa shape index (κ3) is 7.62. The second kappa shape index (κ2) is 14.0. The van der Waals surface area contributed by atoms with Gasteiger partial charge in [0.05, 0.1) is 45.2 Å². The maximum absolute atomic E-state index is 9.16. The SMILES string of the molecule is CCCSC1=C(SCCO)SC(=C2SC(SCCO)=C(SCCO)S2)S1. The van der Waals surface area contributed by atoms with E-state index in [0.29, 0.717) is 11.5 Å². The second-order valence-corrected chi connectivity index (χ2v) is 14.8. The molecule has 0 fully saturated rings. The lowest BCUT2D eigenvalue weighted by Crippen LogP contribution is -1.87. The number of hydrogen-bond acceptors (Lipinski definition) is 11. The Balaban J connectivity index is 2.08. The smallest absolute Gasteiger partial charge is 0.0717 e. The van der Waals surface area contributed by atoms with Gasteiger partial charge in [-0.2, -0.15) is 0 Å². The van der Waals surface area contributed by atoms with E-state index in [2.05, 4.69) is 6.92 Å². The Bertz CT molecular complexity index is 469. The Hall–Kier alpha value is 1.90. The zero-order chi connectivity index (χ0) is 18.8. The molecule has 0 saturated heterocycles. The zero-order valence-electron chi connectivity index (χ0n) is 14.3. The van der Waals surface area contributed by atoms with E-state index < -0.39 is 0 Å². The monoisotopic (exact) mass is 506 g/mol. The van der Waals surface area contributed by atoms with Crippen molar-refractivity contribution in [3.63, 3.8) is 0 Å². The Labute approximate surface area is 189 Å². The lowest BCUT2D eigenvalue weighted by molar-refractivity contribution is 0.322. The van der Waals surface area contributed by atoms with E-state index in [9.17, 15) is 0 Å². The van der Waals surface area contributed by atoms with Crippen molar-refractivity contribution < 1.29 is 15.3 Å². The fourth-order valence-corrected chi connectivity index (χ4v) is 13.0. The Kier molecular flexibility index (Phi) is 13.0. The fraction of sp³-hybridized carbons (Fsp3) is 0.600. The minimum Gasteiger partial charge on any atom is -0.396 e. The van der Waals surface area contributed by atoms with Crippen molar-refractivity contribution in [2.45, 2.75) is 13.3 Å². The van der Waals surface area contributed by atoms with E-state index in [-0.39, 0.29) is 19.8 Å². The number of rotatable bonds is 12. The molecule has 0 aromatic heterocycles. The van der Waals surface area contributed by atoms with Crippen molar-refractivity contribution in [3.05, 3.63) is 25.4 Å². The Morgan fingerprint density at radius 1 is 0.577 bits per heavy atom. The standard InChI is InChI=1S/C15H22O3S8/c1-2-6-19-10-11(20-7-3-16)24-14(23-10)15-25-12(21-8-4-17)13(26-15)22-9-5-18/h16-18H,2-9H2,1H3. The summed E-state index contributed by atoms with van der Waals surface area (Å²) < 4.78 is 7.78. The highest BCUT2D eigenvalue weighted by atomic mass is 32.3. The van der Waals surface area contributed by atoms with Crippen LogP contribution >= 0.6 is 94.1 Å². The third-order valence-corrected chi connectivity index (χ3v) is 14.4. The summed E-state index contributed by atoms with van der Waals surface area (Å²) in [6.07, 6.45) is 1.15. The highest BCUT2D eigenvalue weighted by Gasteiger charge is 2.30. The van der Waals surface area contributed by atoms with Gasteiger partial charge in [-0.15, -0.1) is 47.0 Å². The largest absolute Gasteiger partial charge is 0.396 e. The fourth-order valence-electron chi connectivity index (χ4n) is 1.68. The summed E-state index contributed by atoms with van der Waals surface area (Å²) in [6.45, 7) is 2.75. The molecule has 0 amide bonds. The van der Waals surface area contributed by atoms with Gasteiger partial charge >= 0.3 is 0 Å². The van der Waals surface area contributed by atoms with Crippen LogP contribution in [-0.2, 0) is 0 Å². The summed E-state index contributed by atoms with van der Waals surface area (Å²) >= 11 is 14.3. The van der Waals surface area contributed by atoms with Gasteiger partial charge in [0.25, 0.3) is 0 Å². The molecular formula is C15H22O3S8. The summed E-state index contributed by atoms with van der Waals surface area (Å²) in [6, 6.07) is 0. The molecular weight excluding hydrogens is 485 g/mol. The van der Waals surface area contributed by atoms with E-state index in [0.717, 1.165) is 17.9 Å². The molecule has 2 aliphatic heterocycles. The van der Waals surface area contributed by atoms with Crippen LogP contribution in [0.25, 0.3) is 0 Å². The van der Waals surface area contributed by atoms with Crippen LogP contribution in [0, 0.1) is 0 Å². The molecule has 0 bridgehead atoms. The van der Waals surface area contributed by atoms with Crippen molar-refractivity contribution in [2.75, 3.05) is 42.8 Å². The topological polar surface area (TPSA) is 60.7 Å². The van der Waals surface area contributed by atoms with Crippen LogP contribution in [0.4, 0.5) is 0 Å². The highest BCUT2D eigenvalue weighted by Crippen LogP contribution is 2.66. The van der Waals surface area contributed by atoms with Crippen LogP contribution in [-0.4, -0.2) is 58.2 Å². The number of aliphatic hydroxyl groups is 3. The van der Waals surface area contributed by atoms with Gasteiger partial charge in [0, 0.05) is 17.3 Å². The zero-order valence-corrected chi connectivity index (χ0v) is 20.8. The van der Waals surface area contributed by atoms with Gasteiger partial charge in [0.2, 0.25) is 0 Å². The predicted octanol–water partition coefficient (Wildman–Crippen LogP) is 5.65. The summed E-state index contributed by atoms with van der Waals surface area (Å²) in [5.74, 6) is 3.24. The maximum atomic E-state index is 9.16. The average molecular weight is 507 g/mol. The molecule has 0 radical (unpaired) electrons. The molecule has 3 N–H and O–H groups in total. The molecule has 2 aliphatic rings. The first-order valence-corrected chi connectivity index (χ1v) is 15.2. The number of hydrogen-bond donors (Lipinski definition) is 3. The minimum atomic E-state index is 0.175. The van der Waals surface area contributed by atoms with Crippen molar-refractivity contribution >= 4 is 94.1 Å². The quantitative estimate of drug-likeness (QED) is 0.308. The molecule has 148 valence electrons. The molecule has 0 atom stereocenters. The van der Waals surface area contributed by atoms with Crippen LogP contribution in [0.15, 0.2) is 25.4 Å². The van der Waals surface area contributed by atoms with E-state index in [1.807, 2.05) is 35.3 Å². The number of thioether (sulfide) groups is 8. The maximum Gasteiger partial charge on any atom is 0.0717 e. The van der Waals surface area contributed by atoms with Gasteiger partial charge in [-0.3, -0.25) is 0 Å². The molecule has 0 aliphatic carbocycles. The Morgan fingerprint density at radius 3 is 1.15 bits per heavy atom. The lowest BCUT2D eigenvalue weighted by Gasteiger charge is -2.02. The van der Waals surface area contributed by atoms with Crippen LogP contribution in [0.3, 0.4) is 0 Å². The highest BCUT2D eigenvalue weighted by molar-refractivity contribution is 8.45. The van der Waals surface area contributed by atoms with Gasteiger partial charge in [0.15, 0.2) is 0 Å². The normalized spacial score (nSPS) is 18.0. The Morgan fingerprint density at radius 2 is 0.885 bits per heavy atom. The predicted molar refractivity (Wildman–Crippen MR) is 133 cm³/mol. The van der Waals surface area contributed by atoms with E-state index in [4.69, 9.17) is 15.3 Å². The van der Waals surface area contributed by atoms with Crippen LogP contribution in [0.1, 0.15) is 13.3 Å². The molecule has 2 rings (SSSR count). The summed E-state index contributed by atoms with van der Waals surface area (Å²) in [7, 11) is 0. The van der Waals surface area contributed by atoms with Crippen LogP contribution in [0.5, 0.6) is 0 Å². The molecule has 2 heterocycles. The second-order valence-electron chi connectivity index (χ2n) is 4.70. The van der Waals surface area contributed by atoms with Gasteiger partial charge in [-0.25, -0.2) is 0 Å². The van der Waals surface area contributed by atoms with E-state index in [1.165, 1.54) is 25.4 Å². The van der Waals surface area contributed by atoms with Gasteiger partial charge in [-0.1, -0.05) is 54.0 Å². The van der Waals surface area contributed by atoms with Crippen molar-refractivity contribution in [2.24, 2.45) is 0 Å². The van der Waals surface area contributed by atoms with Crippen molar-refractivity contribution in [3.8, 4) is 0 Å². The molecule has 3 nitrogen and oxygen atoms in total. The van der Waals surface area contributed by atoms with Gasteiger partial charge in [0.1, 0.15) is 0 Å². The molecule has 26 heavy (non-hydrogen) atoms. The number of aliphatic hydroxyl groups excluding tert-OH is 3. The van der Waals surface area contributed by atoms with Crippen LogP contribution in [0.2, 0.25) is 0 Å². The molecule has 0 unspecified atom stereocenters. The third-order valence-electron chi connectivity index (χ3n) is 2.65. The van der Waals surface area contributed by atoms with Gasteiger partial charge < -0.3 is 15.3 Å². The minimum absolute atomic E-state index is 0.175. The molecule has 11 heteroatoms. The van der Waals surface area contributed by atoms with E-state index >= 15 is 0 Å². The summed E-state index contributed by atoms with van der Waals surface area (Å²) in [5.41, 5.74) is 0. The van der Waals surface area contributed by atoms with Crippen molar-refractivity contribution in [1.82, 2.24) is 0 Å². The first-order chi connectivity index (χ1) is 12.7. The molecule has 0 saturated carbocycles. The van der Waals surface area contributed by atoms with Crippen LogP contribution < -0.4 is 0 Å². The summed E-state index contributed by atoms with van der Waals surface area (Å²) in [4.78, 5) is 0. The van der Waals surface area contributed by atoms with Crippen molar-refractivity contribution in [1.29, 1.82) is 0 Å². The first kappa shape index (κ1) is 24.2. The van der Waals surface area contributed by atoms with Gasteiger partial charge in [-0.05, 0) is 12.2 Å². The lowest BCUT2D eigenvalue weighted by atomic mass is 10.6. The average Bonchev–Trinajstić information content (AvgIpc) is 3.25. The molecule has 0 aromatic rings. The first-order valence-electron chi connectivity index (χ1n) is 8.01. The molecule has 0 spiro atoms. The summed E-state index contributed by atoms with van der Waals surface area (Å²) in [5, 5.41) is 27.4. The molecule has 0 aromatic carbocycles.